The number of rotatable bonds is 7. The smallest absolute Gasteiger partial charge is 0.246 e. The zero-order valence-electron chi connectivity index (χ0n) is 18.4. The largest absolute Gasteiger partial charge is 0.369 e. The molecule has 0 radical (unpaired) electrons. The molecule has 0 spiro atoms. The number of nitrogens with one attached hydrogen (secondary N) is 1. The van der Waals surface area contributed by atoms with Crippen molar-refractivity contribution in [3.05, 3.63) is 65.7 Å². The van der Waals surface area contributed by atoms with Crippen LogP contribution < -0.4 is 16.0 Å². The van der Waals surface area contributed by atoms with Crippen molar-refractivity contribution >= 4 is 23.1 Å². The lowest BCUT2D eigenvalue weighted by Gasteiger charge is -2.30. The molecule has 1 heterocycles. The van der Waals surface area contributed by atoms with Gasteiger partial charge in [-0.15, -0.1) is 0 Å². The number of fused-ring (bicyclic) bond motifs is 1. The maximum absolute atomic E-state index is 13.3. The first-order valence-corrected chi connectivity index (χ1v) is 10.4. The van der Waals surface area contributed by atoms with E-state index in [1.807, 2.05) is 80.4 Å². The van der Waals surface area contributed by atoms with Gasteiger partial charge in [0.2, 0.25) is 5.91 Å². The van der Waals surface area contributed by atoms with Crippen LogP contribution in [0.4, 0.5) is 5.69 Å². The van der Waals surface area contributed by atoms with Gasteiger partial charge in [0.15, 0.2) is 5.78 Å². The van der Waals surface area contributed by atoms with Crippen LogP contribution in [0.5, 0.6) is 0 Å². The summed E-state index contributed by atoms with van der Waals surface area (Å²) in [6, 6.07) is 15.9. The van der Waals surface area contributed by atoms with E-state index in [9.17, 15) is 9.59 Å². The Labute approximate surface area is 183 Å². The number of aliphatic imine (C=N–C) groups is 1. The second-order valence-electron chi connectivity index (χ2n) is 7.96. The van der Waals surface area contributed by atoms with Crippen molar-refractivity contribution in [1.29, 1.82) is 0 Å². The van der Waals surface area contributed by atoms with E-state index < -0.39 is 18.2 Å². The second-order valence-corrected chi connectivity index (χ2v) is 7.96. The Morgan fingerprint density at radius 3 is 2.42 bits per heavy atom. The fourth-order valence-electron chi connectivity index (χ4n) is 3.55. The number of nitrogens with zero attached hydrogens (tertiary/aromatic N) is 2. The van der Waals surface area contributed by atoms with Gasteiger partial charge in [0.25, 0.3) is 0 Å². The topological polar surface area (TPSA) is 97.0 Å². The predicted octanol–water partition coefficient (Wildman–Crippen LogP) is 2.13. The highest BCUT2D eigenvalue weighted by molar-refractivity contribution is 6.17. The predicted molar refractivity (Wildman–Crippen MR) is 122 cm³/mol. The maximum Gasteiger partial charge on any atom is 0.246 e. The van der Waals surface area contributed by atoms with Gasteiger partial charge >= 0.3 is 0 Å². The van der Waals surface area contributed by atoms with Gasteiger partial charge in [0.1, 0.15) is 18.8 Å². The van der Waals surface area contributed by atoms with Gasteiger partial charge in [-0.3, -0.25) is 14.6 Å². The van der Waals surface area contributed by atoms with E-state index in [1.165, 1.54) is 0 Å². The standard InChI is InChI=1S/C24H30N4O3/c1-15(2)31-14-20(29)26-16(3)23(30)22-24(25)28(4)19-13-9-8-12-18(19)21(27-22)17-10-6-5-7-11-17/h5-13,15-16,22,24H,14,25H2,1-4H3,(H,26,29)/t16?,22?,24-/m0/s1. The van der Waals surface area contributed by atoms with Crippen LogP contribution in [0.2, 0.25) is 0 Å². The van der Waals surface area contributed by atoms with Gasteiger partial charge in [-0.1, -0.05) is 48.5 Å². The van der Waals surface area contributed by atoms with Gasteiger partial charge in [0.05, 0.1) is 17.9 Å². The lowest BCUT2D eigenvalue weighted by atomic mass is 10.00. The van der Waals surface area contributed by atoms with Crippen molar-refractivity contribution in [2.24, 2.45) is 10.7 Å². The molecule has 2 aromatic carbocycles. The molecule has 164 valence electrons. The Morgan fingerprint density at radius 2 is 1.74 bits per heavy atom. The highest BCUT2D eigenvalue weighted by Gasteiger charge is 2.36. The number of nitrogens with two attached hydrogens (primary N) is 1. The molecule has 2 aromatic rings. The average Bonchev–Trinajstić information content (AvgIpc) is 2.88. The molecule has 1 aliphatic heterocycles. The molecule has 3 atom stereocenters. The number of hydrogen-bond donors (Lipinski definition) is 2. The Morgan fingerprint density at radius 1 is 1.10 bits per heavy atom. The zero-order valence-corrected chi connectivity index (χ0v) is 18.4. The fraction of sp³-hybridized carbons (Fsp3) is 0.375. The summed E-state index contributed by atoms with van der Waals surface area (Å²) in [7, 11) is 1.85. The van der Waals surface area contributed by atoms with E-state index in [2.05, 4.69) is 5.32 Å². The molecular formula is C24H30N4O3. The molecule has 0 fully saturated rings. The summed E-state index contributed by atoms with van der Waals surface area (Å²) in [4.78, 5) is 32.2. The van der Waals surface area contributed by atoms with Crippen LogP contribution in [0.25, 0.3) is 0 Å². The summed E-state index contributed by atoms with van der Waals surface area (Å²) in [5, 5.41) is 2.71. The molecule has 7 nitrogen and oxygen atoms in total. The summed E-state index contributed by atoms with van der Waals surface area (Å²) in [5.74, 6) is -0.598. The number of carbonyl (C=O) groups is 2. The van der Waals surface area contributed by atoms with Crippen LogP contribution in [0.15, 0.2) is 59.6 Å². The van der Waals surface area contributed by atoms with Crippen LogP contribution in [0.1, 0.15) is 31.9 Å². The number of para-hydroxylation sites is 1. The lowest BCUT2D eigenvalue weighted by Crippen LogP contribution is -2.55. The number of benzodiazepines with no additional fused rings is 1. The number of benzene rings is 2. The van der Waals surface area contributed by atoms with E-state index in [0.29, 0.717) is 5.71 Å². The molecular weight excluding hydrogens is 392 g/mol. The van der Waals surface area contributed by atoms with Crippen LogP contribution >= 0.6 is 0 Å². The summed E-state index contributed by atoms with van der Waals surface area (Å²) in [6.45, 7) is 5.24. The minimum absolute atomic E-state index is 0.0720. The normalized spacial score (nSPS) is 19.3. The molecule has 0 aliphatic carbocycles. The summed E-state index contributed by atoms with van der Waals surface area (Å²) >= 11 is 0. The van der Waals surface area contributed by atoms with E-state index in [4.69, 9.17) is 15.5 Å². The highest BCUT2D eigenvalue weighted by atomic mass is 16.5. The third-order valence-corrected chi connectivity index (χ3v) is 5.27. The number of Topliss-reactive ketones (excluding diaryl/α,β-unsaturated/α-hetero) is 1. The van der Waals surface area contributed by atoms with Gasteiger partial charge in [-0.2, -0.15) is 0 Å². The van der Waals surface area contributed by atoms with Crippen LogP contribution in [0.3, 0.4) is 0 Å². The SMILES string of the molecule is CC(C)OCC(=O)NC(C)C(=O)C1N=C(c2ccccc2)c2ccccc2N(C)[C@@H]1N. The number of amides is 1. The molecule has 0 bridgehead atoms. The van der Waals surface area contributed by atoms with Crippen LogP contribution in [-0.4, -0.2) is 55.4 Å². The van der Waals surface area contributed by atoms with Gasteiger partial charge in [-0.05, 0) is 26.8 Å². The third-order valence-electron chi connectivity index (χ3n) is 5.27. The fourth-order valence-corrected chi connectivity index (χ4v) is 3.55. The Balaban J connectivity index is 1.94. The number of hydrogen-bond acceptors (Lipinski definition) is 6. The second kappa shape index (κ2) is 9.85. The maximum atomic E-state index is 13.3. The first kappa shape index (κ1) is 22.7. The quantitative estimate of drug-likeness (QED) is 0.712. The van der Waals surface area contributed by atoms with E-state index in [0.717, 1.165) is 16.8 Å². The first-order chi connectivity index (χ1) is 14.8. The van der Waals surface area contributed by atoms with E-state index in [-0.39, 0.29) is 24.4 Å². The number of ether oxygens (including phenoxy) is 1. The van der Waals surface area contributed by atoms with E-state index >= 15 is 0 Å². The molecule has 3 N–H and O–H groups in total. The van der Waals surface area contributed by atoms with Gasteiger partial charge in [0, 0.05) is 23.9 Å². The molecule has 3 rings (SSSR count). The Hall–Kier alpha value is -3.03. The van der Waals surface area contributed by atoms with Crippen molar-refractivity contribution in [2.75, 3.05) is 18.6 Å². The minimum Gasteiger partial charge on any atom is -0.369 e. The number of ketones is 1. The van der Waals surface area contributed by atoms with E-state index in [1.54, 1.807) is 6.92 Å². The monoisotopic (exact) mass is 422 g/mol. The highest BCUT2D eigenvalue weighted by Crippen LogP contribution is 2.29. The minimum atomic E-state index is -0.853. The summed E-state index contributed by atoms with van der Waals surface area (Å²) < 4.78 is 5.32. The zero-order chi connectivity index (χ0) is 22.5. The summed E-state index contributed by atoms with van der Waals surface area (Å²) in [5.41, 5.74) is 9.92. The van der Waals surface area contributed by atoms with Crippen molar-refractivity contribution in [1.82, 2.24) is 5.32 Å². The van der Waals surface area contributed by atoms with Crippen molar-refractivity contribution < 1.29 is 14.3 Å². The van der Waals surface area contributed by atoms with Crippen molar-refractivity contribution in [3.63, 3.8) is 0 Å². The first-order valence-electron chi connectivity index (χ1n) is 10.4. The number of carbonyl (C=O) groups excluding carboxylic acids is 2. The van der Waals surface area contributed by atoms with Crippen molar-refractivity contribution in [3.8, 4) is 0 Å². The summed E-state index contributed by atoms with van der Waals surface area (Å²) in [6.07, 6.45) is -0.752. The van der Waals surface area contributed by atoms with Crippen molar-refractivity contribution in [2.45, 2.75) is 45.1 Å². The van der Waals surface area contributed by atoms with Gasteiger partial charge < -0.3 is 20.7 Å². The number of anilines is 1. The molecule has 1 aliphatic rings. The molecule has 2 unspecified atom stereocenters. The molecule has 7 heteroatoms. The molecule has 1 amide bonds. The average molecular weight is 423 g/mol. The lowest BCUT2D eigenvalue weighted by molar-refractivity contribution is -0.131. The van der Waals surface area contributed by atoms with Crippen LogP contribution in [0, 0.1) is 0 Å². The molecule has 31 heavy (non-hydrogen) atoms. The van der Waals surface area contributed by atoms with Gasteiger partial charge in [-0.25, -0.2) is 0 Å². The molecule has 0 aromatic heterocycles. The Kier molecular flexibility index (Phi) is 7.20. The van der Waals surface area contributed by atoms with Crippen LogP contribution in [-0.2, 0) is 14.3 Å². The number of likely N-dealkylation sites (N-methyl/N-ethyl adjacent to an activating group) is 1. The molecule has 0 saturated heterocycles. The Bertz CT molecular complexity index is 958. The molecule has 0 saturated carbocycles. The third kappa shape index (κ3) is 5.18.